The highest BCUT2D eigenvalue weighted by molar-refractivity contribution is 7.92. The van der Waals surface area contributed by atoms with Gasteiger partial charge in [0.2, 0.25) is 0 Å². The Morgan fingerprint density at radius 3 is 2.64 bits per heavy atom. The van der Waals surface area contributed by atoms with E-state index < -0.39 is 50.6 Å². The molecule has 0 bridgehead atoms. The van der Waals surface area contributed by atoms with Crippen molar-refractivity contribution in [3.05, 3.63) is 88.2 Å². The Morgan fingerprint density at radius 2 is 1.93 bits per heavy atom. The summed E-state index contributed by atoms with van der Waals surface area (Å²) in [6.45, 7) is 2.07. The largest absolute Gasteiger partial charge is 0.486 e. The highest BCUT2D eigenvalue weighted by Gasteiger charge is 2.37. The summed E-state index contributed by atoms with van der Waals surface area (Å²) in [6.07, 6.45) is -2.25. The molecule has 1 N–H and O–H groups in total. The molecule has 44 heavy (non-hydrogen) atoms. The fraction of sp³-hybridized carbons (Fsp3) is 0.323. The van der Waals surface area contributed by atoms with E-state index in [0.717, 1.165) is 28.9 Å². The minimum atomic E-state index is -4.75. The molecule has 2 atom stereocenters. The van der Waals surface area contributed by atoms with Crippen molar-refractivity contribution in [2.75, 3.05) is 24.0 Å². The number of ether oxygens (including phenoxy) is 2. The third kappa shape index (κ3) is 6.87. The fourth-order valence-corrected chi connectivity index (χ4v) is 7.09. The molecule has 1 saturated heterocycles. The Kier molecular flexibility index (Phi) is 9.24. The zero-order valence-corrected chi connectivity index (χ0v) is 25.1. The van der Waals surface area contributed by atoms with Crippen LogP contribution in [-0.2, 0) is 25.7 Å². The van der Waals surface area contributed by atoms with Crippen LogP contribution in [0.2, 0.25) is 5.02 Å². The van der Waals surface area contributed by atoms with Crippen LogP contribution < -0.4 is 14.4 Å². The maximum Gasteiger partial charge on any atom is 0.416 e. The van der Waals surface area contributed by atoms with E-state index in [2.05, 4.69) is 5.32 Å². The average Bonchev–Trinajstić information content (AvgIpc) is 3.52. The van der Waals surface area contributed by atoms with Crippen LogP contribution in [-0.4, -0.2) is 46.2 Å². The van der Waals surface area contributed by atoms with Crippen LogP contribution in [0.4, 0.5) is 23.2 Å². The lowest BCUT2D eigenvalue weighted by atomic mass is 10.0. The van der Waals surface area contributed by atoms with Gasteiger partial charge in [-0.1, -0.05) is 35.9 Å². The van der Waals surface area contributed by atoms with Crippen molar-refractivity contribution in [1.29, 1.82) is 0 Å². The zero-order valence-electron chi connectivity index (χ0n) is 23.5. The number of anilines is 1. The van der Waals surface area contributed by atoms with Gasteiger partial charge < -0.3 is 14.8 Å². The summed E-state index contributed by atoms with van der Waals surface area (Å²) in [5, 5.41) is 3.24. The van der Waals surface area contributed by atoms with E-state index >= 15 is 0 Å². The minimum Gasteiger partial charge on any atom is -0.486 e. The Morgan fingerprint density at radius 1 is 1.16 bits per heavy atom. The third-order valence-electron chi connectivity index (χ3n) is 7.43. The van der Waals surface area contributed by atoms with Crippen molar-refractivity contribution in [2.45, 2.75) is 49.4 Å². The standard InChI is InChI=1S/C31H29ClF4N2O5S/c1-19(29-24(32)7-3-8-25(29)33)15-20-10-11-28-27(16-20)38(44(40,41)23-6-2-5-21(17-23)31(34,35)36)18-22(43-28)12-14-42-30(39)26-9-4-13-37-26/h2-3,5-8,10-11,15-17,22,26,37H,4,9,12-14,18H2,1H3/t22?,26-/m0/s1. The molecule has 13 heteroatoms. The topological polar surface area (TPSA) is 84.9 Å². The summed E-state index contributed by atoms with van der Waals surface area (Å²) >= 11 is 6.21. The van der Waals surface area contributed by atoms with E-state index in [1.807, 2.05) is 0 Å². The fourth-order valence-electron chi connectivity index (χ4n) is 5.23. The molecule has 0 spiro atoms. The number of nitrogens with zero attached hydrogens (tertiary/aromatic N) is 1. The summed E-state index contributed by atoms with van der Waals surface area (Å²) in [5.74, 6) is -0.776. The first-order chi connectivity index (χ1) is 20.8. The van der Waals surface area contributed by atoms with Gasteiger partial charge in [0.1, 0.15) is 23.7 Å². The summed E-state index contributed by atoms with van der Waals surface area (Å²) < 4.78 is 95.2. The number of allylic oxidation sites excluding steroid dienone is 1. The Balaban J connectivity index is 1.48. The normalized spacial score (nSPS) is 19.0. The average molecular weight is 653 g/mol. The molecule has 0 radical (unpaired) electrons. The second-order valence-corrected chi connectivity index (χ2v) is 12.8. The van der Waals surface area contributed by atoms with Crippen LogP contribution in [0.15, 0.2) is 65.6 Å². The number of esters is 1. The monoisotopic (exact) mass is 652 g/mol. The van der Waals surface area contributed by atoms with Crippen molar-refractivity contribution in [1.82, 2.24) is 5.32 Å². The quantitative estimate of drug-likeness (QED) is 0.166. The number of alkyl halides is 3. The number of carbonyl (C=O) groups excluding carboxylic acids is 1. The predicted molar refractivity (Wildman–Crippen MR) is 158 cm³/mol. The Bertz CT molecular complexity index is 1670. The van der Waals surface area contributed by atoms with Crippen LogP contribution in [0.5, 0.6) is 5.75 Å². The molecule has 234 valence electrons. The van der Waals surface area contributed by atoms with Gasteiger partial charge in [0.25, 0.3) is 10.0 Å². The van der Waals surface area contributed by atoms with E-state index in [-0.39, 0.29) is 41.6 Å². The molecule has 1 unspecified atom stereocenters. The van der Waals surface area contributed by atoms with Gasteiger partial charge in [0.05, 0.1) is 34.3 Å². The molecular formula is C31H29ClF4N2O5S. The van der Waals surface area contributed by atoms with Crippen molar-refractivity contribution in [3.63, 3.8) is 0 Å². The summed E-state index contributed by atoms with van der Waals surface area (Å²) in [6, 6.07) is 12.1. The maximum atomic E-state index is 14.5. The smallest absolute Gasteiger partial charge is 0.416 e. The number of carbonyl (C=O) groups is 1. The van der Waals surface area contributed by atoms with Crippen LogP contribution >= 0.6 is 11.6 Å². The van der Waals surface area contributed by atoms with E-state index in [9.17, 15) is 30.8 Å². The third-order valence-corrected chi connectivity index (χ3v) is 9.52. The number of hydrogen-bond donors (Lipinski definition) is 1. The van der Waals surface area contributed by atoms with E-state index in [4.69, 9.17) is 21.1 Å². The summed E-state index contributed by atoms with van der Waals surface area (Å²) in [4.78, 5) is 11.8. The molecule has 1 fully saturated rings. The molecule has 3 aromatic carbocycles. The van der Waals surface area contributed by atoms with Gasteiger partial charge in [-0.3, -0.25) is 9.10 Å². The molecule has 5 rings (SSSR count). The van der Waals surface area contributed by atoms with Gasteiger partial charge in [-0.15, -0.1) is 0 Å². The number of hydrogen-bond acceptors (Lipinski definition) is 6. The van der Waals surface area contributed by atoms with Gasteiger partial charge in [-0.25, -0.2) is 12.8 Å². The first-order valence-electron chi connectivity index (χ1n) is 13.9. The lowest BCUT2D eigenvalue weighted by Crippen LogP contribution is -2.44. The molecule has 0 aromatic heterocycles. The lowest BCUT2D eigenvalue weighted by molar-refractivity contribution is -0.146. The molecule has 0 aliphatic carbocycles. The SMILES string of the molecule is CC(=Cc1ccc2c(c1)N(S(=O)(=O)c1cccc(C(F)(F)F)c1)CC(CCOC(=O)[C@@H]1CCCN1)O2)c1c(F)cccc1Cl. The van der Waals surface area contributed by atoms with Crippen LogP contribution in [0, 0.1) is 5.82 Å². The highest BCUT2D eigenvalue weighted by atomic mass is 35.5. The van der Waals surface area contributed by atoms with Gasteiger partial charge in [-0.2, -0.15) is 13.2 Å². The lowest BCUT2D eigenvalue weighted by Gasteiger charge is -2.35. The van der Waals surface area contributed by atoms with Crippen molar-refractivity contribution >= 4 is 44.9 Å². The second kappa shape index (κ2) is 12.8. The molecule has 2 heterocycles. The van der Waals surface area contributed by atoms with Crippen molar-refractivity contribution in [2.24, 2.45) is 0 Å². The number of nitrogens with one attached hydrogen (secondary N) is 1. The van der Waals surface area contributed by atoms with Gasteiger partial charge in [0, 0.05) is 12.0 Å². The van der Waals surface area contributed by atoms with Crippen LogP contribution in [0.25, 0.3) is 11.6 Å². The predicted octanol–water partition coefficient (Wildman–Crippen LogP) is 6.70. The highest BCUT2D eigenvalue weighted by Crippen LogP contribution is 2.40. The van der Waals surface area contributed by atoms with Gasteiger partial charge >= 0.3 is 12.1 Å². The van der Waals surface area contributed by atoms with Crippen molar-refractivity contribution in [3.8, 4) is 5.75 Å². The molecule has 7 nitrogen and oxygen atoms in total. The number of halogens is 5. The Hall–Kier alpha value is -3.61. The number of sulfonamides is 1. The van der Waals surface area contributed by atoms with Crippen molar-refractivity contribution < 1.29 is 40.2 Å². The van der Waals surface area contributed by atoms with Crippen LogP contribution in [0.1, 0.15) is 42.9 Å². The van der Waals surface area contributed by atoms with Gasteiger partial charge in [-0.05, 0) is 79.9 Å². The number of benzene rings is 3. The second-order valence-electron chi connectivity index (χ2n) is 10.6. The first kappa shape index (κ1) is 31.8. The summed E-state index contributed by atoms with van der Waals surface area (Å²) in [5.41, 5.74) is 0.106. The minimum absolute atomic E-state index is 0.0438. The molecule has 2 aliphatic heterocycles. The Labute approximate surface area is 257 Å². The maximum absolute atomic E-state index is 14.5. The summed E-state index contributed by atoms with van der Waals surface area (Å²) in [7, 11) is -4.52. The number of rotatable bonds is 8. The van der Waals surface area contributed by atoms with E-state index in [1.165, 1.54) is 24.3 Å². The molecule has 2 aliphatic rings. The van der Waals surface area contributed by atoms with E-state index in [1.54, 1.807) is 25.1 Å². The number of fused-ring (bicyclic) bond motifs is 1. The molecule has 3 aromatic rings. The molecular weight excluding hydrogens is 624 g/mol. The molecule has 0 amide bonds. The van der Waals surface area contributed by atoms with E-state index in [0.29, 0.717) is 30.2 Å². The first-order valence-corrected chi connectivity index (χ1v) is 15.7. The van der Waals surface area contributed by atoms with Gasteiger partial charge in [0.15, 0.2) is 0 Å². The molecule has 0 saturated carbocycles. The van der Waals surface area contributed by atoms with Crippen LogP contribution in [0.3, 0.4) is 0 Å². The zero-order chi connectivity index (χ0) is 31.6.